The number of hydrogen-bond acceptors (Lipinski definition) is 4. The number of nitrogens with zero attached hydrogens (tertiary/aromatic N) is 3. The highest BCUT2D eigenvalue weighted by Gasteiger charge is 2.12. The summed E-state index contributed by atoms with van der Waals surface area (Å²) in [5, 5.41) is 8.95. The fraction of sp³-hybridized carbons (Fsp3) is 0.714. The molecule has 3 nitrogen and oxygen atoms in total. The van der Waals surface area contributed by atoms with Crippen LogP contribution in [0.5, 0.6) is 0 Å². The van der Waals surface area contributed by atoms with Crippen molar-refractivity contribution in [1.82, 2.24) is 10.2 Å². The molecule has 0 radical (unpaired) electrons. The van der Waals surface area contributed by atoms with Gasteiger partial charge in [-0.15, -0.1) is 10.2 Å². The summed E-state index contributed by atoms with van der Waals surface area (Å²) < 4.78 is 0. The highest BCUT2D eigenvalue weighted by atomic mass is 32.1. The molecule has 1 aliphatic heterocycles. The van der Waals surface area contributed by atoms with E-state index in [1.807, 2.05) is 0 Å². The van der Waals surface area contributed by atoms with Gasteiger partial charge in [0, 0.05) is 13.1 Å². The average Bonchev–Trinajstić information content (AvgIpc) is 2.58. The van der Waals surface area contributed by atoms with Crippen molar-refractivity contribution in [2.24, 2.45) is 0 Å². The third kappa shape index (κ3) is 1.50. The quantitative estimate of drug-likeness (QED) is 0.638. The topological polar surface area (TPSA) is 29.0 Å². The zero-order chi connectivity index (χ0) is 7.52. The highest BCUT2D eigenvalue weighted by Crippen LogP contribution is 2.19. The van der Waals surface area contributed by atoms with Crippen LogP contribution in [0, 0.1) is 0 Å². The normalized spacial score (nSPS) is 18.7. The van der Waals surface area contributed by atoms with E-state index in [-0.39, 0.29) is 0 Å². The lowest BCUT2D eigenvalue weighted by Crippen LogP contribution is -2.29. The Labute approximate surface area is 70.1 Å². The first-order valence-corrected chi connectivity index (χ1v) is 4.86. The molecule has 11 heavy (non-hydrogen) atoms. The molecule has 1 aliphatic rings. The molecule has 0 aliphatic carbocycles. The first-order chi connectivity index (χ1) is 5.47. The van der Waals surface area contributed by atoms with E-state index in [1.54, 1.807) is 16.8 Å². The molecule has 0 spiro atoms. The molecule has 0 aromatic carbocycles. The Morgan fingerprint density at radius 1 is 1.27 bits per heavy atom. The third-order valence-electron chi connectivity index (χ3n) is 1.98. The predicted octanol–water partition coefficient (Wildman–Crippen LogP) is 1.53. The van der Waals surface area contributed by atoms with Gasteiger partial charge in [-0.25, -0.2) is 0 Å². The molecule has 0 saturated carbocycles. The zero-order valence-electron chi connectivity index (χ0n) is 6.36. The van der Waals surface area contributed by atoms with Gasteiger partial charge in [-0.3, -0.25) is 0 Å². The van der Waals surface area contributed by atoms with Crippen LogP contribution < -0.4 is 4.90 Å². The summed E-state index contributed by atoms with van der Waals surface area (Å²) in [6, 6.07) is 0. The molecule has 4 heteroatoms. The van der Waals surface area contributed by atoms with Gasteiger partial charge in [0.1, 0.15) is 5.51 Å². The summed E-state index contributed by atoms with van der Waals surface area (Å²) in [6.45, 7) is 2.32. The van der Waals surface area contributed by atoms with E-state index in [4.69, 9.17) is 0 Å². The number of aromatic nitrogens is 2. The minimum absolute atomic E-state index is 1.09. The smallest absolute Gasteiger partial charge is 0.208 e. The van der Waals surface area contributed by atoms with E-state index in [1.165, 1.54) is 19.3 Å². The van der Waals surface area contributed by atoms with Crippen molar-refractivity contribution in [1.29, 1.82) is 0 Å². The number of anilines is 1. The summed E-state index contributed by atoms with van der Waals surface area (Å²) in [4.78, 5) is 2.32. The first-order valence-electron chi connectivity index (χ1n) is 3.98. The second-order valence-corrected chi connectivity index (χ2v) is 3.58. The molecular formula is C7H11N3S. The van der Waals surface area contributed by atoms with Gasteiger partial charge in [-0.2, -0.15) is 0 Å². The Balaban J connectivity index is 2.04. The minimum atomic E-state index is 1.09. The van der Waals surface area contributed by atoms with Gasteiger partial charge in [0.2, 0.25) is 5.13 Å². The van der Waals surface area contributed by atoms with Gasteiger partial charge >= 0.3 is 0 Å². The van der Waals surface area contributed by atoms with Crippen molar-refractivity contribution in [2.45, 2.75) is 19.3 Å². The maximum Gasteiger partial charge on any atom is 0.208 e. The Hall–Kier alpha value is -0.640. The van der Waals surface area contributed by atoms with Crippen LogP contribution in [0.15, 0.2) is 5.51 Å². The molecule has 1 saturated heterocycles. The molecule has 0 amide bonds. The summed E-state index contributed by atoms with van der Waals surface area (Å²) >= 11 is 1.63. The van der Waals surface area contributed by atoms with Crippen LogP contribution in [0.4, 0.5) is 5.13 Å². The molecule has 1 aromatic heterocycles. The lowest BCUT2D eigenvalue weighted by molar-refractivity contribution is 0.575. The standard InChI is InChI=1S/C7H11N3S/c1-2-4-10(5-3-1)7-9-8-6-11-7/h6H,1-5H2. The van der Waals surface area contributed by atoms with Gasteiger partial charge in [0.15, 0.2) is 0 Å². The Morgan fingerprint density at radius 2 is 2.09 bits per heavy atom. The van der Waals surface area contributed by atoms with Crippen molar-refractivity contribution >= 4 is 16.5 Å². The van der Waals surface area contributed by atoms with Crippen LogP contribution in [0.1, 0.15) is 19.3 Å². The van der Waals surface area contributed by atoms with Gasteiger partial charge in [-0.1, -0.05) is 11.3 Å². The maximum absolute atomic E-state index is 4.03. The fourth-order valence-corrected chi connectivity index (χ4v) is 2.00. The van der Waals surface area contributed by atoms with E-state index >= 15 is 0 Å². The van der Waals surface area contributed by atoms with E-state index in [2.05, 4.69) is 15.1 Å². The van der Waals surface area contributed by atoms with Crippen molar-refractivity contribution < 1.29 is 0 Å². The molecule has 1 fully saturated rings. The van der Waals surface area contributed by atoms with E-state index in [9.17, 15) is 0 Å². The second kappa shape index (κ2) is 3.17. The van der Waals surface area contributed by atoms with E-state index in [0.717, 1.165) is 18.2 Å². The number of rotatable bonds is 1. The fourth-order valence-electron chi connectivity index (χ4n) is 1.39. The van der Waals surface area contributed by atoms with Crippen molar-refractivity contribution in [3.63, 3.8) is 0 Å². The van der Waals surface area contributed by atoms with Gasteiger partial charge in [-0.05, 0) is 19.3 Å². The monoisotopic (exact) mass is 169 g/mol. The summed E-state index contributed by atoms with van der Waals surface area (Å²) in [7, 11) is 0. The molecular weight excluding hydrogens is 158 g/mol. The van der Waals surface area contributed by atoms with Crippen LogP contribution in [-0.4, -0.2) is 23.3 Å². The summed E-state index contributed by atoms with van der Waals surface area (Å²) in [6.07, 6.45) is 3.98. The lowest BCUT2D eigenvalue weighted by Gasteiger charge is -2.25. The Kier molecular flexibility index (Phi) is 2.03. The van der Waals surface area contributed by atoms with Gasteiger partial charge in [0.05, 0.1) is 0 Å². The first kappa shape index (κ1) is 7.03. The Bertz CT molecular complexity index is 203. The largest absolute Gasteiger partial charge is 0.347 e. The maximum atomic E-state index is 4.03. The van der Waals surface area contributed by atoms with Gasteiger partial charge in [0.25, 0.3) is 0 Å². The zero-order valence-corrected chi connectivity index (χ0v) is 7.18. The third-order valence-corrected chi connectivity index (χ3v) is 2.73. The molecule has 2 heterocycles. The molecule has 60 valence electrons. The predicted molar refractivity (Wildman–Crippen MR) is 46.0 cm³/mol. The van der Waals surface area contributed by atoms with Crippen LogP contribution in [0.25, 0.3) is 0 Å². The van der Waals surface area contributed by atoms with Crippen LogP contribution in [0.3, 0.4) is 0 Å². The second-order valence-electron chi connectivity index (χ2n) is 2.77. The molecule has 2 rings (SSSR count). The average molecular weight is 169 g/mol. The van der Waals surface area contributed by atoms with Crippen molar-refractivity contribution in [3.8, 4) is 0 Å². The van der Waals surface area contributed by atoms with Gasteiger partial charge < -0.3 is 4.90 Å². The molecule has 0 N–H and O–H groups in total. The molecule has 0 bridgehead atoms. The van der Waals surface area contributed by atoms with Crippen molar-refractivity contribution in [3.05, 3.63) is 5.51 Å². The van der Waals surface area contributed by atoms with Crippen LogP contribution >= 0.6 is 11.3 Å². The molecule has 1 aromatic rings. The summed E-state index contributed by atoms with van der Waals surface area (Å²) in [5.41, 5.74) is 1.80. The van der Waals surface area contributed by atoms with Crippen LogP contribution in [-0.2, 0) is 0 Å². The highest BCUT2D eigenvalue weighted by molar-refractivity contribution is 7.13. The minimum Gasteiger partial charge on any atom is -0.347 e. The SMILES string of the molecule is c1nnc(N2CCCCC2)s1. The van der Waals surface area contributed by atoms with Crippen LogP contribution in [0.2, 0.25) is 0 Å². The van der Waals surface area contributed by atoms with E-state index < -0.39 is 0 Å². The molecule has 0 unspecified atom stereocenters. The Morgan fingerprint density at radius 3 is 2.73 bits per heavy atom. The van der Waals surface area contributed by atoms with E-state index in [0.29, 0.717) is 0 Å². The summed E-state index contributed by atoms with van der Waals surface area (Å²) in [5.74, 6) is 0. The lowest BCUT2D eigenvalue weighted by atomic mass is 10.1. The molecule has 0 atom stereocenters. The number of hydrogen-bond donors (Lipinski definition) is 0. The number of piperidine rings is 1. The van der Waals surface area contributed by atoms with Crippen molar-refractivity contribution in [2.75, 3.05) is 18.0 Å².